The van der Waals surface area contributed by atoms with E-state index in [0.29, 0.717) is 16.8 Å². The second-order valence-corrected chi connectivity index (χ2v) is 5.08. The van der Waals surface area contributed by atoms with E-state index in [1.165, 1.54) is 16.7 Å². The Bertz CT molecular complexity index is 426. The van der Waals surface area contributed by atoms with Crippen LogP contribution in [0.5, 0.6) is 0 Å². The fourth-order valence-electron chi connectivity index (χ4n) is 1.45. The lowest BCUT2D eigenvalue weighted by atomic mass is 10.3. The van der Waals surface area contributed by atoms with Crippen LogP contribution in [-0.4, -0.2) is 42.5 Å². The maximum absolute atomic E-state index is 12.2. The molecule has 0 aliphatic rings. The van der Waals surface area contributed by atoms with E-state index in [9.17, 15) is 13.2 Å². The monoisotopic (exact) mass is 308 g/mol. The summed E-state index contributed by atoms with van der Waals surface area (Å²) in [6, 6.07) is 1.67. The fraction of sp³-hybridized carbons (Fsp3) is 0.667. The van der Waals surface area contributed by atoms with Crippen LogP contribution in [0.15, 0.2) is 11.2 Å². The molecule has 1 aromatic rings. The lowest BCUT2D eigenvalue weighted by Gasteiger charge is -2.20. The fourth-order valence-corrected chi connectivity index (χ4v) is 1.83. The zero-order valence-corrected chi connectivity index (χ0v) is 12.6. The molecule has 0 aliphatic heterocycles. The molecule has 0 aromatic carbocycles. The van der Waals surface area contributed by atoms with Gasteiger partial charge in [0.1, 0.15) is 11.6 Å². The van der Waals surface area contributed by atoms with Crippen molar-refractivity contribution in [1.82, 2.24) is 9.97 Å². The first-order chi connectivity index (χ1) is 9.35. The maximum atomic E-state index is 12.2. The molecule has 8 heteroatoms. The molecule has 0 atom stereocenters. The van der Waals surface area contributed by atoms with Gasteiger partial charge in [-0.2, -0.15) is 13.2 Å². The molecule has 4 nitrogen and oxygen atoms in total. The van der Waals surface area contributed by atoms with Gasteiger partial charge in [0.15, 0.2) is 5.16 Å². The highest BCUT2D eigenvalue weighted by Gasteiger charge is 2.27. The summed E-state index contributed by atoms with van der Waals surface area (Å²) < 4.78 is 36.7. The van der Waals surface area contributed by atoms with E-state index < -0.39 is 12.6 Å². The number of halogens is 3. The van der Waals surface area contributed by atoms with Crippen LogP contribution >= 0.6 is 11.8 Å². The van der Waals surface area contributed by atoms with E-state index >= 15 is 0 Å². The van der Waals surface area contributed by atoms with Crippen LogP contribution in [0, 0.1) is 0 Å². The lowest BCUT2D eigenvalue weighted by Crippen LogP contribution is -2.25. The van der Waals surface area contributed by atoms with Crippen molar-refractivity contribution in [2.75, 3.05) is 36.6 Å². The van der Waals surface area contributed by atoms with Gasteiger partial charge in [0.05, 0.1) is 6.42 Å². The quantitative estimate of drug-likeness (QED) is 0.617. The van der Waals surface area contributed by atoms with Gasteiger partial charge in [-0.25, -0.2) is 9.97 Å². The molecule has 0 saturated heterocycles. The van der Waals surface area contributed by atoms with Gasteiger partial charge in [-0.05, 0) is 12.7 Å². The van der Waals surface area contributed by atoms with E-state index in [0.717, 1.165) is 13.0 Å². The van der Waals surface area contributed by atoms with Gasteiger partial charge in [0.25, 0.3) is 0 Å². The highest BCUT2D eigenvalue weighted by atomic mass is 32.2. The molecule has 1 aromatic heterocycles. The first-order valence-electron chi connectivity index (χ1n) is 6.30. The summed E-state index contributed by atoms with van der Waals surface area (Å²) in [6.07, 6.45) is -2.25. The molecule has 20 heavy (non-hydrogen) atoms. The minimum atomic E-state index is -4.16. The number of alkyl halides is 3. The number of nitrogens with one attached hydrogen (secondary N) is 1. The Morgan fingerprint density at radius 2 is 2.05 bits per heavy atom. The Kier molecular flexibility index (Phi) is 6.38. The minimum absolute atomic E-state index is 0.123. The largest absolute Gasteiger partial charge is 0.390 e. The molecular formula is C12H19F3N4S. The van der Waals surface area contributed by atoms with E-state index in [2.05, 4.69) is 15.3 Å². The molecule has 0 amide bonds. The predicted octanol–water partition coefficient (Wildman–Crippen LogP) is 3.41. The van der Waals surface area contributed by atoms with Gasteiger partial charge in [-0.15, -0.1) is 0 Å². The van der Waals surface area contributed by atoms with Crippen LogP contribution in [0.4, 0.5) is 24.8 Å². The average molecular weight is 308 g/mol. The molecule has 0 radical (unpaired) electrons. The van der Waals surface area contributed by atoms with Gasteiger partial charge < -0.3 is 10.2 Å². The van der Waals surface area contributed by atoms with Crippen LogP contribution in [0.1, 0.15) is 19.8 Å². The summed E-state index contributed by atoms with van der Waals surface area (Å²) in [4.78, 5) is 10.00. The molecule has 0 unspecified atom stereocenters. The molecule has 1 N–H and O–H groups in total. The van der Waals surface area contributed by atoms with Gasteiger partial charge in [-0.1, -0.05) is 18.7 Å². The van der Waals surface area contributed by atoms with Gasteiger partial charge in [0, 0.05) is 26.2 Å². The standard InChI is InChI=1S/C12H19F3N4S/c1-4-6-16-9-8-10(18-11(17-9)20-3)19(2)7-5-12(13,14)15/h8H,4-7H2,1-3H3,(H,16,17,18). The Labute approximate surface area is 121 Å². The molecule has 1 rings (SSSR count). The lowest BCUT2D eigenvalue weighted by molar-refractivity contribution is -0.132. The Morgan fingerprint density at radius 1 is 1.35 bits per heavy atom. The normalized spacial score (nSPS) is 11.5. The number of hydrogen-bond donors (Lipinski definition) is 1. The molecule has 0 aliphatic carbocycles. The van der Waals surface area contributed by atoms with E-state index in [1.54, 1.807) is 13.1 Å². The molecule has 0 spiro atoms. The maximum Gasteiger partial charge on any atom is 0.390 e. The number of nitrogens with zero attached hydrogens (tertiary/aromatic N) is 3. The summed E-state index contributed by atoms with van der Waals surface area (Å²) in [5.41, 5.74) is 0. The smallest absolute Gasteiger partial charge is 0.370 e. The van der Waals surface area contributed by atoms with Gasteiger partial charge in [-0.3, -0.25) is 0 Å². The molecular weight excluding hydrogens is 289 g/mol. The summed E-state index contributed by atoms with van der Waals surface area (Å²) in [5.74, 6) is 1.13. The van der Waals surface area contributed by atoms with Crippen LogP contribution < -0.4 is 10.2 Å². The number of hydrogen-bond acceptors (Lipinski definition) is 5. The number of anilines is 2. The number of thioether (sulfide) groups is 1. The van der Waals surface area contributed by atoms with E-state index in [4.69, 9.17) is 0 Å². The van der Waals surface area contributed by atoms with E-state index in [-0.39, 0.29) is 6.54 Å². The summed E-state index contributed by atoms with van der Waals surface area (Å²) in [6.45, 7) is 2.66. The first kappa shape index (κ1) is 16.9. The van der Waals surface area contributed by atoms with Crippen LogP contribution in [0.2, 0.25) is 0 Å². The highest BCUT2D eigenvalue weighted by Crippen LogP contribution is 2.23. The predicted molar refractivity (Wildman–Crippen MR) is 76.5 cm³/mol. The Balaban J connectivity index is 2.81. The third-order valence-corrected chi connectivity index (χ3v) is 3.10. The number of aromatic nitrogens is 2. The van der Waals surface area contributed by atoms with E-state index in [1.807, 2.05) is 13.2 Å². The third-order valence-electron chi connectivity index (χ3n) is 2.55. The second kappa shape index (κ2) is 7.56. The third kappa shape index (κ3) is 5.85. The minimum Gasteiger partial charge on any atom is -0.370 e. The first-order valence-corrected chi connectivity index (χ1v) is 7.53. The Hall–Kier alpha value is -1.18. The topological polar surface area (TPSA) is 41.0 Å². The summed E-state index contributed by atoms with van der Waals surface area (Å²) in [7, 11) is 1.60. The molecule has 0 bridgehead atoms. The molecule has 114 valence electrons. The van der Waals surface area contributed by atoms with Crippen molar-refractivity contribution in [1.29, 1.82) is 0 Å². The van der Waals surface area contributed by atoms with Gasteiger partial charge >= 0.3 is 6.18 Å². The highest BCUT2D eigenvalue weighted by molar-refractivity contribution is 7.98. The van der Waals surface area contributed by atoms with Crippen molar-refractivity contribution >= 4 is 23.4 Å². The number of rotatable bonds is 7. The van der Waals surface area contributed by atoms with Crippen molar-refractivity contribution in [3.05, 3.63) is 6.07 Å². The SMILES string of the molecule is CCCNc1cc(N(C)CCC(F)(F)F)nc(SC)n1. The average Bonchev–Trinajstić information content (AvgIpc) is 2.41. The van der Waals surface area contributed by atoms with Crippen molar-refractivity contribution in [3.8, 4) is 0 Å². The van der Waals surface area contributed by atoms with Gasteiger partial charge in [0.2, 0.25) is 0 Å². The summed E-state index contributed by atoms with van der Waals surface area (Å²) in [5, 5.41) is 3.66. The van der Waals surface area contributed by atoms with Crippen LogP contribution in [-0.2, 0) is 0 Å². The summed E-state index contributed by atoms with van der Waals surface area (Å²) >= 11 is 1.36. The Morgan fingerprint density at radius 3 is 2.60 bits per heavy atom. The second-order valence-electron chi connectivity index (χ2n) is 4.31. The zero-order chi connectivity index (χ0) is 15.2. The van der Waals surface area contributed by atoms with Crippen molar-refractivity contribution in [2.45, 2.75) is 31.1 Å². The van der Waals surface area contributed by atoms with Crippen molar-refractivity contribution < 1.29 is 13.2 Å². The molecule has 1 heterocycles. The molecule has 0 saturated carbocycles. The molecule has 0 fully saturated rings. The van der Waals surface area contributed by atoms with Crippen LogP contribution in [0.25, 0.3) is 0 Å². The van der Waals surface area contributed by atoms with Crippen LogP contribution in [0.3, 0.4) is 0 Å². The van der Waals surface area contributed by atoms with Crippen molar-refractivity contribution in [3.63, 3.8) is 0 Å². The van der Waals surface area contributed by atoms with Crippen molar-refractivity contribution in [2.24, 2.45) is 0 Å². The zero-order valence-electron chi connectivity index (χ0n) is 11.8.